The number of nitriles is 1. The summed E-state index contributed by atoms with van der Waals surface area (Å²) in [6.45, 7) is 1.58. The molecule has 9 heteroatoms. The molecule has 3 rings (SSSR count). The van der Waals surface area contributed by atoms with Crippen molar-refractivity contribution in [3.8, 4) is 11.8 Å². The van der Waals surface area contributed by atoms with Crippen molar-refractivity contribution in [2.75, 3.05) is 5.32 Å². The zero-order valence-electron chi connectivity index (χ0n) is 15.3. The summed E-state index contributed by atoms with van der Waals surface area (Å²) in [6.07, 6.45) is -0.857. The Morgan fingerprint density at radius 2 is 2.07 bits per heavy atom. The van der Waals surface area contributed by atoms with Gasteiger partial charge in [-0.05, 0) is 30.7 Å². The highest BCUT2D eigenvalue weighted by atomic mass is 35.5. The Labute approximate surface area is 182 Å². The molecule has 2 aromatic carbocycles. The van der Waals surface area contributed by atoms with E-state index in [1.54, 1.807) is 19.1 Å². The minimum atomic E-state index is -0.857. The number of amides is 1. The minimum Gasteiger partial charge on any atom is -0.479 e. The number of carbonyl (C=O) groups is 1. The summed E-state index contributed by atoms with van der Waals surface area (Å²) in [5, 5.41) is 20.3. The standard InChI is InChI=1S/C20H16Cl2N4O2S/c1-12(28-17-8-7-14(21)9-16(17)22)19(27)24-18-15(10-23)20(26-25-18)29-11-13-5-3-2-4-6-13/h2-9,12H,11H2,1H3,(H2,24,25,26,27). The van der Waals surface area contributed by atoms with E-state index in [0.717, 1.165) is 5.56 Å². The minimum absolute atomic E-state index is 0.228. The number of anilines is 1. The van der Waals surface area contributed by atoms with E-state index in [1.807, 2.05) is 30.3 Å². The predicted molar refractivity (Wildman–Crippen MR) is 114 cm³/mol. The van der Waals surface area contributed by atoms with Crippen LogP contribution in [0.25, 0.3) is 0 Å². The molecule has 0 fully saturated rings. The summed E-state index contributed by atoms with van der Waals surface area (Å²) in [5.74, 6) is 0.770. The Hall–Kier alpha value is -2.66. The molecule has 0 saturated carbocycles. The fourth-order valence-electron chi connectivity index (χ4n) is 2.39. The molecule has 1 aromatic heterocycles. The Balaban J connectivity index is 1.65. The second-order valence-electron chi connectivity index (χ2n) is 5.99. The number of halogens is 2. The van der Waals surface area contributed by atoms with Gasteiger partial charge in [0.2, 0.25) is 0 Å². The van der Waals surface area contributed by atoms with Crippen LogP contribution in [0.3, 0.4) is 0 Å². The van der Waals surface area contributed by atoms with Crippen molar-refractivity contribution in [1.29, 1.82) is 5.26 Å². The normalized spacial score (nSPS) is 11.5. The van der Waals surface area contributed by atoms with Crippen LogP contribution in [-0.4, -0.2) is 22.2 Å². The smallest absolute Gasteiger partial charge is 0.266 e. The Kier molecular flexibility index (Phi) is 7.04. The van der Waals surface area contributed by atoms with E-state index in [9.17, 15) is 10.1 Å². The number of H-pyrrole nitrogens is 1. The van der Waals surface area contributed by atoms with Crippen molar-refractivity contribution >= 4 is 46.7 Å². The molecule has 1 heterocycles. The van der Waals surface area contributed by atoms with Crippen LogP contribution in [-0.2, 0) is 10.5 Å². The molecule has 0 aliphatic carbocycles. The number of thioether (sulfide) groups is 1. The number of nitrogens with one attached hydrogen (secondary N) is 2. The number of hydrogen-bond acceptors (Lipinski definition) is 5. The maximum absolute atomic E-state index is 12.5. The summed E-state index contributed by atoms with van der Waals surface area (Å²) in [5.41, 5.74) is 1.38. The van der Waals surface area contributed by atoms with Gasteiger partial charge in [0.25, 0.3) is 5.91 Å². The topological polar surface area (TPSA) is 90.8 Å². The van der Waals surface area contributed by atoms with Gasteiger partial charge in [0.1, 0.15) is 28.2 Å². The number of aromatic amines is 1. The molecule has 1 atom stereocenters. The van der Waals surface area contributed by atoms with Crippen LogP contribution in [0.5, 0.6) is 5.75 Å². The molecule has 2 N–H and O–H groups in total. The van der Waals surface area contributed by atoms with E-state index in [0.29, 0.717) is 26.6 Å². The van der Waals surface area contributed by atoms with Gasteiger partial charge >= 0.3 is 0 Å². The van der Waals surface area contributed by atoms with Gasteiger partial charge in [0.15, 0.2) is 6.10 Å². The molecule has 0 radical (unpaired) electrons. The monoisotopic (exact) mass is 446 g/mol. The lowest BCUT2D eigenvalue weighted by Crippen LogP contribution is -2.30. The van der Waals surface area contributed by atoms with Crippen LogP contribution in [0.15, 0.2) is 53.6 Å². The van der Waals surface area contributed by atoms with Crippen molar-refractivity contribution in [2.45, 2.75) is 23.8 Å². The zero-order valence-corrected chi connectivity index (χ0v) is 17.6. The van der Waals surface area contributed by atoms with E-state index in [2.05, 4.69) is 21.6 Å². The molecule has 6 nitrogen and oxygen atoms in total. The SMILES string of the molecule is CC(Oc1ccc(Cl)cc1Cl)C(=O)Nc1[nH]nc(SCc2ccccc2)c1C#N. The molecule has 148 valence electrons. The number of nitrogens with zero attached hydrogens (tertiary/aromatic N) is 2. The average Bonchev–Trinajstić information content (AvgIpc) is 3.10. The Morgan fingerprint density at radius 3 is 2.76 bits per heavy atom. The first-order chi connectivity index (χ1) is 14.0. The lowest BCUT2D eigenvalue weighted by molar-refractivity contribution is -0.122. The van der Waals surface area contributed by atoms with E-state index >= 15 is 0 Å². The Morgan fingerprint density at radius 1 is 1.31 bits per heavy atom. The molecular formula is C20H16Cl2N4O2S. The van der Waals surface area contributed by atoms with Gasteiger partial charge < -0.3 is 10.1 Å². The molecule has 0 saturated heterocycles. The lowest BCUT2D eigenvalue weighted by atomic mass is 10.2. The highest BCUT2D eigenvalue weighted by Crippen LogP contribution is 2.30. The first-order valence-electron chi connectivity index (χ1n) is 8.55. The van der Waals surface area contributed by atoms with E-state index in [1.165, 1.54) is 17.8 Å². The van der Waals surface area contributed by atoms with E-state index < -0.39 is 12.0 Å². The zero-order chi connectivity index (χ0) is 20.8. The number of ether oxygens (including phenoxy) is 1. The number of hydrogen-bond donors (Lipinski definition) is 2. The van der Waals surface area contributed by atoms with Crippen molar-refractivity contribution < 1.29 is 9.53 Å². The molecule has 0 bridgehead atoms. The summed E-state index contributed by atoms with van der Waals surface area (Å²) in [4.78, 5) is 12.5. The van der Waals surface area contributed by atoms with E-state index in [-0.39, 0.29) is 11.4 Å². The van der Waals surface area contributed by atoms with Crippen LogP contribution in [0.1, 0.15) is 18.1 Å². The highest BCUT2D eigenvalue weighted by molar-refractivity contribution is 7.98. The first kappa shape index (κ1) is 21.1. The largest absolute Gasteiger partial charge is 0.479 e. The van der Waals surface area contributed by atoms with Gasteiger partial charge in [-0.25, -0.2) is 0 Å². The van der Waals surface area contributed by atoms with Gasteiger partial charge in [-0.15, -0.1) is 0 Å². The van der Waals surface area contributed by atoms with Crippen molar-refractivity contribution in [3.63, 3.8) is 0 Å². The number of rotatable bonds is 7. The third-order valence-electron chi connectivity index (χ3n) is 3.88. The molecule has 1 amide bonds. The van der Waals surface area contributed by atoms with Gasteiger partial charge in [-0.2, -0.15) is 10.4 Å². The van der Waals surface area contributed by atoms with Gasteiger partial charge in [0.05, 0.1) is 5.02 Å². The summed E-state index contributed by atoms with van der Waals surface area (Å²) in [6, 6.07) is 16.7. The number of carbonyl (C=O) groups excluding carboxylic acids is 1. The molecule has 0 aliphatic rings. The molecule has 1 unspecified atom stereocenters. The van der Waals surface area contributed by atoms with Crippen LogP contribution in [0.2, 0.25) is 10.0 Å². The summed E-state index contributed by atoms with van der Waals surface area (Å²) >= 11 is 13.3. The Bertz CT molecular complexity index is 1050. The van der Waals surface area contributed by atoms with Crippen LogP contribution < -0.4 is 10.1 Å². The fraction of sp³-hybridized carbons (Fsp3) is 0.150. The molecule has 0 spiro atoms. The quantitative estimate of drug-likeness (QED) is 0.481. The summed E-state index contributed by atoms with van der Waals surface area (Å²) < 4.78 is 5.59. The van der Waals surface area contributed by atoms with Crippen molar-refractivity contribution in [2.24, 2.45) is 0 Å². The summed E-state index contributed by atoms with van der Waals surface area (Å²) in [7, 11) is 0. The maximum Gasteiger partial charge on any atom is 0.266 e. The van der Waals surface area contributed by atoms with Crippen molar-refractivity contribution in [3.05, 3.63) is 69.7 Å². The third-order valence-corrected chi connectivity index (χ3v) is 5.46. The third kappa shape index (κ3) is 5.45. The first-order valence-corrected chi connectivity index (χ1v) is 10.3. The maximum atomic E-state index is 12.5. The second kappa shape index (κ2) is 9.70. The molecular weight excluding hydrogens is 431 g/mol. The average molecular weight is 447 g/mol. The van der Waals surface area contributed by atoms with Gasteiger partial charge in [-0.3, -0.25) is 9.89 Å². The molecule has 3 aromatic rings. The van der Waals surface area contributed by atoms with Crippen LogP contribution >= 0.6 is 35.0 Å². The van der Waals surface area contributed by atoms with Crippen molar-refractivity contribution in [1.82, 2.24) is 10.2 Å². The highest BCUT2D eigenvalue weighted by Gasteiger charge is 2.21. The van der Waals surface area contributed by atoms with Gasteiger partial charge in [-0.1, -0.05) is 65.3 Å². The number of benzene rings is 2. The molecule has 29 heavy (non-hydrogen) atoms. The number of aromatic nitrogens is 2. The van der Waals surface area contributed by atoms with E-state index in [4.69, 9.17) is 27.9 Å². The fourth-order valence-corrected chi connectivity index (χ4v) is 3.74. The lowest BCUT2D eigenvalue weighted by Gasteiger charge is -2.15. The predicted octanol–water partition coefficient (Wildman–Crippen LogP) is 5.29. The van der Waals surface area contributed by atoms with Crippen LogP contribution in [0, 0.1) is 11.3 Å². The second-order valence-corrected chi connectivity index (χ2v) is 7.80. The molecule has 0 aliphatic heterocycles. The van der Waals surface area contributed by atoms with Crippen LogP contribution in [0.4, 0.5) is 5.82 Å². The van der Waals surface area contributed by atoms with Gasteiger partial charge in [0, 0.05) is 10.8 Å².